The molecule has 0 bridgehead atoms. The molecule has 2 unspecified atom stereocenters. The van der Waals surface area contributed by atoms with Crippen LogP contribution in [0.25, 0.3) is 0 Å². The maximum atomic E-state index is 12.5. The van der Waals surface area contributed by atoms with Crippen molar-refractivity contribution >= 4 is 11.7 Å². The molecule has 2 atom stereocenters. The third-order valence-electron chi connectivity index (χ3n) is 5.59. The lowest BCUT2D eigenvalue weighted by molar-refractivity contribution is 0.0777. The average Bonchev–Trinajstić information content (AvgIpc) is 3.06. The quantitative estimate of drug-likeness (QED) is 0.852. The fourth-order valence-electron chi connectivity index (χ4n) is 4.10. The summed E-state index contributed by atoms with van der Waals surface area (Å²) in [6.07, 6.45) is 5.60. The summed E-state index contributed by atoms with van der Waals surface area (Å²) in [5.41, 5.74) is 1.16. The fourth-order valence-corrected chi connectivity index (χ4v) is 4.10. The number of fused-ring (bicyclic) bond motifs is 1. The molecule has 1 saturated carbocycles. The van der Waals surface area contributed by atoms with Gasteiger partial charge in [-0.3, -0.25) is 4.79 Å². The van der Waals surface area contributed by atoms with Crippen LogP contribution >= 0.6 is 0 Å². The van der Waals surface area contributed by atoms with Crippen LogP contribution in [0, 0.1) is 11.8 Å². The van der Waals surface area contributed by atoms with Gasteiger partial charge in [0.15, 0.2) is 0 Å². The molecule has 0 aromatic carbocycles. The summed E-state index contributed by atoms with van der Waals surface area (Å²) in [7, 11) is 0. The fraction of sp³-hybridized carbons (Fsp3) is 0.529. The summed E-state index contributed by atoms with van der Waals surface area (Å²) in [5.74, 6) is 2.44. The second kappa shape index (κ2) is 5.44. The Hall–Kier alpha value is -2.64. The second-order valence-corrected chi connectivity index (χ2v) is 7.37. The van der Waals surface area contributed by atoms with Gasteiger partial charge < -0.3 is 19.8 Å². The molecule has 1 aliphatic carbocycles. The Kier molecular flexibility index (Phi) is 3.19. The topological polar surface area (TPSA) is 98.0 Å². The number of hydrogen-bond donors (Lipinski definition) is 2. The molecule has 1 amide bonds. The van der Waals surface area contributed by atoms with Gasteiger partial charge in [0, 0.05) is 61.9 Å². The largest absolute Gasteiger partial charge is 0.356 e. The van der Waals surface area contributed by atoms with E-state index in [1.54, 1.807) is 6.33 Å². The van der Waals surface area contributed by atoms with Crippen molar-refractivity contribution in [2.45, 2.75) is 18.8 Å². The molecule has 3 fully saturated rings. The molecule has 2 aliphatic heterocycles. The zero-order valence-electron chi connectivity index (χ0n) is 13.8. The van der Waals surface area contributed by atoms with Gasteiger partial charge in [-0.15, -0.1) is 0 Å². The number of amides is 1. The first kappa shape index (κ1) is 14.7. The van der Waals surface area contributed by atoms with Crippen LogP contribution in [-0.4, -0.2) is 56.9 Å². The zero-order valence-corrected chi connectivity index (χ0v) is 13.8. The van der Waals surface area contributed by atoms with E-state index in [1.807, 2.05) is 4.90 Å². The predicted molar refractivity (Wildman–Crippen MR) is 90.5 cm³/mol. The average molecular weight is 340 g/mol. The maximum Gasteiger partial charge on any atom is 0.323 e. The number of nitrogens with zero attached hydrogens (tertiary/aromatic N) is 4. The Balaban J connectivity index is 1.26. The predicted octanol–water partition coefficient (Wildman–Crippen LogP) is 0.579. The van der Waals surface area contributed by atoms with Crippen molar-refractivity contribution < 1.29 is 4.79 Å². The lowest BCUT2D eigenvalue weighted by Crippen LogP contribution is -2.33. The van der Waals surface area contributed by atoms with E-state index in [4.69, 9.17) is 0 Å². The lowest BCUT2D eigenvalue weighted by Gasteiger charge is -2.22. The number of hydrogen-bond acceptors (Lipinski definition) is 5. The van der Waals surface area contributed by atoms with Crippen molar-refractivity contribution in [3.8, 4) is 0 Å². The van der Waals surface area contributed by atoms with Gasteiger partial charge in [0.2, 0.25) is 0 Å². The number of aromatic nitrogens is 4. The van der Waals surface area contributed by atoms with E-state index in [1.165, 1.54) is 19.0 Å². The van der Waals surface area contributed by atoms with E-state index < -0.39 is 0 Å². The minimum absolute atomic E-state index is 0.0997. The molecule has 4 heterocycles. The SMILES string of the molecule is O=C(c1c[nH]c(=O)[nH]1)N1CC2CN(c3cc(C4CC4)ncn3)CC2C1. The van der Waals surface area contributed by atoms with Crippen LogP contribution in [0.5, 0.6) is 0 Å². The van der Waals surface area contributed by atoms with Gasteiger partial charge in [0.25, 0.3) is 5.91 Å². The minimum atomic E-state index is -0.343. The van der Waals surface area contributed by atoms with Gasteiger partial charge in [-0.1, -0.05) is 0 Å². The van der Waals surface area contributed by atoms with Crippen molar-refractivity contribution in [2.75, 3.05) is 31.1 Å². The molecule has 8 nitrogen and oxygen atoms in total. The van der Waals surface area contributed by atoms with Gasteiger partial charge in [-0.25, -0.2) is 14.8 Å². The van der Waals surface area contributed by atoms with E-state index >= 15 is 0 Å². The minimum Gasteiger partial charge on any atom is -0.356 e. The van der Waals surface area contributed by atoms with E-state index in [-0.39, 0.29) is 11.6 Å². The highest BCUT2D eigenvalue weighted by Crippen LogP contribution is 2.40. The van der Waals surface area contributed by atoms with E-state index in [9.17, 15) is 9.59 Å². The van der Waals surface area contributed by atoms with Gasteiger partial charge in [0.05, 0.1) is 0 Å². The Morgan fingerprint density at radius 3 is 2.52 bits per heavy atom. The summed E-state index contributed by atoms with van der Waals surface area (Å²) >= 11 is 0. The van der Waals surface area contributed by atoms with E-state index in [0.717, 1.165) is 37.7 Å². The Morgan fingerprint density at radius 2 is 1.88 bits per heavy atom. The molecular weight excluding hydrogens is 320 g/mol. The zero-order chi connectivity index (χ0) is 17.0. The first-order valence-corrected chi connectivity index (χ1v) is 8.81. The van der Waals surface area contributed by atoms with Crippen LogP contribution in [0.15, 0.2) is 23.4 Å². The number of imidazole rings is 1. The Morgan fingerprint density at radius 1 is 1.12 bits per heavy atom. The highest BCUT2D eigenvalue weighted by atomic mass is 16.2. The molecule has 0 spiro atoms. The molecule has 2 aromatic rings. The molecule has 0 radical (unpaired) electrons. The monoisotopic (exact) mass is 340 g/mol. The van der Waals surface area contributed by atoms with E-state index in [2.05, 4.69) is 30.9 Å². The van der Waals surface area contributed by atoms with Crippen LogP contribution in [0.4, 0.5) is 5.82 Å². The molecule has 2 saturated heterocycles. The van der Waals surface area contributed by atoms with Crippen LogP contribution < -0.4 is 10.6 Å². The van der Waals surface area contributed by atoms with Crippen molar-refractivity contribution in [2.24, 2.45) is 11.8 Å². The molecule has 2 aromatic heterocycles. The Labute approximate surface area is 144 Å². The normalized spacial score (nSPS) is 25.4. The molecule has 5 rings (SSSR count). The first-order chi connectivity index (χ1) is 12.2. The van der Waals surface area contributed by atoms with Crippen LogP contribution in [0.3, 0.4) is 0 Å². The van der Waals surface area contributed by atoms with Crippen molar-refractivity contribution in [3.05, 3.63) is 40.5 Å². The first-order valence-electron chi connectivity index (χ1n) is 8.81. The number of aromatic amines is 2. The number of anilines is 1. The van der Waals surface area contributed by atoms with Crippen LogP contribution in [0.1, 0.15) is 34.9 Å². The summed E-state index contributed by atoms with van der Waals surface area (Å²) in [6.45, 7) is 3.29. The highest BCUT2D eigenvalue weighted by Gasteiger charge is 2.42. The maximum absolute atomic E-state index is 12.5. The van der Waals surface area contributed by atoms with Crippen molar-refractivity contribution in [1.29, 1.82) is 0 Å². The Bertz CT molecular complexity index is 856. The summed E-state index contributed by atoms with van der Waals surface area (Å²) in [5, 5.41) is 0. The lowest BCUT2D eigenvalue weighted by atomic mass is 10.0. The summed E-state index contributed by atoms with van der Waals surface area (Å²) < 4.78 is 0. The second-order valence-electron chi connectivity index (χ2n) is 7.37. The smallest absolute Gasteiger partial charge is 0.323 e. The standard InChI is InChI=1S/C17H20N6O2/c24-16(14-4-18-17(25)21-14)23-7-11-5-22(6-12(11)8-23)15-3-13(10-1-2-10)19-9-20-15/h3-4,9-12H,1-2,5-8H2,(H2,18,21,25). The highest BCUT2D eigenvalue weighted by molar-refractivity contribution is 5.92. The van der Waals surface area contributed by atoms with Gasteiger partial charge >= 0.3 is 5.69 Å². The molecule has 8 heteroatoms. The number of carbonyl (C=O) groups excluding carboxylic acids is 1. The number of H-pyrrole nitrogens is 2. The van der Waals surface area contributed by atoms with Gasteiger partial charge in [-0.2, -0.15) is 0 Å². The van der Waals surface area contributed by atoms with Gasteiger partial charge in [0.1, 0.15) is 17.8 Å². The molecule has 2 N–H and O–H groups in total. The van der Waals surface area contributed by atoms with Crippen LogP contribution in [0.2, 0.25) is 0 Å². The molecular formula is C17H20N6O2. The number of rotatable bonds is 3. The summed E-state index contributed by atoms with van der Waals surface area (Å²) in [4.78, 5) is 41.7. The third kappa shape index (κ3) is 2.61. The van der Waals surface area contributed by atoms with Gasteiger partial charge in [-0.05, 0) is 12.8 Å². The third-order valence-corrected chi connectivity index (χ3v) is 5.59. The van der Waals surface area contributed by atoms with Crippen molar-refractivity contribution in [1.82, 2.24) is 24.8 Å². The summed E-state index contributed by atoms with van der Waals surface area (Å²) in [6, 6.07) is 2.13. The number of carbonyl (C=O) groups is 1. The number of nitrogens with one attached hydrogen (secondary N) is 2. The molecule has 3 aliphatic rings. The van der Waals surface area contributed by atoms with Crippen molar-refractivity contribution in [3.63, 3.8) is 0 Å². The van der Waals surface area contributed by atoms with Crippen LogP contribution in [-0.2, 0) is 0 Å². The van der Waals surface area contributed by atoms with E-state index in [0.29, 0.717) is 23.4 Å². The molecule has 25 heavy (non-hydrogen) atoms. The number of likely N-dealkylation sites (tertiary alicyclic amines) is 1. The molecule has 130 valence electrons.